The van der Waals surface area contributed by atoms with Gasteiger partial charge in [-0.05, 0) is 24.1 Å². The number of aromatic amines is 1. The fourth-order valence-corrected chi connectivity index (χ4v) is 3.23. The van der Waals surface area contributed by atoms with E-state index in [0.717, 1.165) is 22.2 Å². The number of carbonyl (C=O) groups excluding carboxylic acids is 1. The Labute approximate surface area is 169 Å². The van der Waals surface area contributed by atoms with Crippen molar-refractivity contribution in [3.8, 4) is 23.0 Å². The number of nitrogens with one attached hydrogen (secondary N) is 2. The Hall–Kier alpha value is -3.35. The SMILES string of the molecule is COc1cc2[nH]cc(CCNC(=O)CCOc3ccccc3)c2c(OC)c1OC. The summed E-state index contributed by atoms with van der Waals surface area (Å²) in [5, 5.41) is 3.85. The van der Waals surface area contributed by atoms with Gasteiger partial charge in [0.2, 0.25) is 11.7 Å². The molecule has 0 aliphatic carbocycles. The number of ether oxygens (including phenoxy) is 4. The molecule has 7 nitrogen and oxygen atoms in total. The van der Waals surface area contributed by atoms with Crippen LogP contribution in [0.25, 0.3) is 10.9 Å². The monoisotopic (exact) mass is 398 g/mol. The highest BCUT2D eigenvalue weighted by atomic mass is 16.5. The Kier molecular flexibility index (Phi) is 6.84. The van der Waals surface area contributed by atoms with E-state index < -0.39 is 0 Å². The molecule has 0 saturated heterocycles. The minimum absolute atomic E-state index is 0.0491. The van der Waals surface area contributed by atoms with Crippen LogP contribution in [0.2, 0.25) is 0 Å². The minimum atomic E-state index is -0.0491. The van der Waals surface area contributed by atoms with Crippen LogP contribution in [0.4, 0.5) is 0 Å². The Morgan fingerprint density at radius 3 is 2.48 bits per heavy atom. The van der Waals surface area contributed by atoms with Gasteiger partial charge in [-0.3, -0.25) is 4.79 Å². The zero-order valence-electron chi connectivity index (χ0n) is 16.9. The van der Waals surface area contributed by atoms with Gasteiger partial charge in [0.05, 0.1) is 39.9 Å². The summed E-state index contributed by atoms with van der Waals surface area (Å²) < 4.78 is 22.0. The van der Waals surface area contributed by atoms with Crippen LogP contribution in [0.1, 0.15) is 12.0 Å². The average Bonchev–Trinajstić information content (AvgIpc) is 3.15. The van der Waals surface area contributed by atoms with Crippen molar-refractivity contribution in [2.45, 2.75) is 12.8 Å². The summed E-state index contributed by atoms with van der Waals surface area (Å²) in [5.41, 5.74) is 1.91. The van der Waals surface area contributed by atoms with Crippen molar-refractivity contribution in [3.63, 3.8) is 0 Å². The first-order chi connectivity index (χ1) is 14.2. The molecule has 7 heteroatoms. The van der Waals surface area contributed by atoms with Gasteiger partial charge in [-0.15, -0.1) is 0 Å². The highest BCUT2D eigenvalue weighted by Crippen LogP contribution is 2.44. The number of H-pyrrole nitrogens is 1. The summed E-state index contributed by atoms with van der Waals surface area (Å²) in [4.78, 5) is 15.3. The summed E-state index contributed by atoms with van der Waals surface area (Å²) >= 11 is 0. The van der Waals surface area contributed by atoms with Crippen molar-refractivity contribution in [1.82, 2.24) is 10.3 Å². The van der Waals surface area contributed by atoms with Gasteiger partial charge in [0.15, 0.2) is 11.5 Å². The van der Waals surface area contributed by atoms with Crippen LogP contribution in [0.5, 0.6) is 23.0 Å². The van der Waals surface area contributed by atoms with Crippen molar-refractivity contribution >= 4 is 16.8 Å². The molecule has 0 aliphatic rings. The first-order valence-corrected chi connectivity index (χ1v) is 9.41. The lowest BCUT2D eigenvalue weighted by Crippen LogP contribution is -2.27. The number of rotatable bonds is 10. The van der Waals surface area contributed by atoms with Crippen LogP contribution in [0, 0.1) is 0 Å². The normalized spacial score (nSPS) is 10.6. The lowest BCUT2D eigenvalue weighted by Gasteiger charge is -2.14. The third-order valence-electron chi connectivity index (χ3n) is 4.61. The van der Waals surface area contributed by atoms with E-state index in [0.29, 0.717) is 43.2 Å². The van der Waals surface area contributed by atoms with E-state index in [1.807, 2.05) is 42.6 Å². The second-order valence-corrected chi connectivity index (χ2v) is 6.39. The molecule has 154 valence electrons. The molecule has 2 aromatic carbocycles. The lowest BCUT2D eigenvalue weighted by molar-refractivity contribution is -0.121. The molecule has 0 spiro atoms. The zero-order chi connectivity index (χ0) is 20.6. The largest absolute Gasteiger partial charge is 0.493 e. The molecule has 0 fully saturated rings. The molecule has 2 N–H and O–H groups in total. The number of para-hydroxylation sites is 1. The van der Waals surface area contributed by atoms with Crippen molar-refractivity contribution in [3.05, 3.63) is 48.2 Å². The highest BCUT2D eigenvalue weighted by molar-refractivity contribution is 5.94. The predicted molar refractivity (Wildman–Crippen MR) is 111 cm³/mol. The smallest absolute Gasteiger partial charge is 0.223 e. The van der Waals surface area contributed by atoms with Crippen molar-refractivity contribution in [1.29, 1.82) is 0 Å². The van der Waals surface area contributed by atoms with Crippen molar-refractivity contribution < 1.29 is 23.7 Å². The highest BCUT2D eigenvalue weighted by Gasteiger charge is 2.19. The molecule has 0 radical (unpaired) electrons. The number of hydrogen-bond acceptors (Lipinski definition) is 5. The molecule has 1 aromatic heterocycles. The lowest BCUT2D eigenvalue weighted by atomic mass is 10.1. The third kappa shape index (κ3) is 4.74. The second-order valence-electron chi connectivity index (χ2n) is 6.39. The number of carbonyl (C=O) groups is 1. The number of benzene rings is 2. The van der Waals surface area contributed by atoms with Crippen LogP contribution in [0.15, 0.2) is 42.6 Å². The molecule has 0 atom stereocenters. The first kappa shape index (κ1) is 20.4. The minimum Gasteiger partial charge on any atom is -0.493 e. The van der Waals surface area contributed by atoms with E-state index in [1.165, 1.54) is 0 Å². The van der Waals surface area contributed by atoms with Crippen molar-refractivity contribution in [2.75, 3.05) is 34.5 Å². The summed E-state index contributed by atoms with van der Waals surface area (Å²) in [5.74, 6) is 2.46. The van der Waals surface area contributed by atoms with Gasteiger partial charge in [0.25, 0.3) is 0 Å². The number of hydrogen-bond donors (Lipinski definition) is 2. The Bertz CT molecular complexity index is 953. The molecule has 29 heavy (non-hydrogen) atoms. The first-order valence-electron chi connectivity index (χ1n) is 9.41. The number of amides is 1. The van der Waals surface area contributed by atoms with Crippen LogP contribution < -0.4 is 24.3 Å². The average molecular weight is 398 g/mol. The quantitative estimate of drug-likeness (QED) is 0.548. The van der Waals surface area contributed by atoms with Crippen LogP contribution in [-0.4, -0.2) is 45.4 Å². The summed E-state index contributed by atoms with van der Waals surface area (Å²) in [6, 6.07) is 11.3. The molecule has 1 heterocycles. The van der Waals surface area contributed by atoms with Gasteiger partial charge in [-0.2, -0.15) is 0 Å². The Balaban J connectivity index is 1.58. The topological polar surface area (TPSA) is 81.8 Å². The van der Waals surface area contributed by atoms with E-state index in [2.05, 4.69) is 10.3 Å². The molecule has 0 unspecified atom stereocenters. The number of fused-ring (bicyclic) bond motifs is 1. The standard InChI is InChI=1S/C22H26N2O5/c1-26-18-13-17-20(22(28-3)21(18)27-2)15(14-24-17)9-11-23-19(25)10-12-29-16-7-5-4-6-8-16/h4-8,13-14,24H,9-12H2,1-3H3,(H,23,25). The van der Waals surface area contributed by atoms with E-state index in [9.17, 15) is 4.79 Å². The van der Waals surface area contributed by atoms with Crippen molar-refractivity contribution in [2.24, 2.45) is 0 Å². The van der Waals surface area contributed by atoms with Crippen LogP contribution in [0.3, 0.4) is 0 Å². The third-order valence-corrected chi connectivity index (χ3v) is 4.61. The molecule has 0 saturated carbocycles. The second kappa shape index (κ2) is 9.73. The summed E-state index contributed by atoms with van der Waals surface area (Å²) in [6.45, 7) is 0.850. The van der Waals surface area contributed by atoms with Gasteiger partial charge in [-0.1, -0.05) is 18.2 Å². The Morgan fingerprint density at radius 2 is 1.79 bits per heavy atom. The van der Waals surface area contributed by atoms with Gasteiger partial charge in [0, 0.05) is 24.2 Å². The molecular weight excluding hydrogens is 372 g/mol. The Morgan fingerprint density at radius 1 is 1.03 bits per heavy atom. The summed E-state index contributed by atoms with van der Waals surface area (Å²) in [6.07, 6.45) is 2.87. The van der Waals surface area contributed by atoms with Crippen LogP contribution in [-0.2, 0) is 11.2 Å². The molecule has 0 aliphatic heterocycles. The molecular formula is C22H26N2O5. The fourth-order valence-electron chi connectivity index (χ4n) is 3.23. The molecule has 3 rings (SSSR count). The maximum Gasteiger partial charge on any atom is 0.223 e. The molecule has 0 bridgehead atoms. The zero-order valence-corrected chi connectivity index (χ0v) is 16.9. The van der Waals surface area contributed by atoms with Gasteiger partial charge in [-0.25, -0.2) is 0 Å². The molecule has 1 amide bonds. The number of aromatic nitrogens is 1. The van der Waals surface area contributed by atoms with Crippen LogP contribution >= 0.6 is 0 Å². The van der Waals surface area contributed by atoms with E-state index in [-0.39, 0.29) is 5.91 Å². The van der Waals surface area contributed by atoms with Gasteiger partial charge >= 0.3 is 0 Å². The molecule has 3 aromatic rings. The fraction of sp³-hybridized carbons (Fsp3) is 0.318. The van der Waals surface area contributed by atoms with Gasteiger partial charge < -0.3 is 29.2 Å². The van der Waals surface area contributed by atoms with E-state index in [1.54, 1.807) is 21.3 Å². The van der Waals surface area contributed by atoms with Gasteiger partial charge in [0.1, 0.15) is 5.75 Å². The number of methoxy groups -OCH3 is 3. The van der Waals surface area contributed by atoms with E-state index in [4.69, 9.17) is 18.9 Å². The summed E-state index contributed by atoms with van der Waals surface area (Å²) in [7, 11) is 4.77. The maximum atomic E-state index is 12.1. The van der Waals surface area contributed by atoms with E-state index >= 15 is 0 Å². The maximum absolute atomic E-state index is 12.1. The predicted octanol–water partition coefficient (Wildman–Crippen LogP) is 3.32.